The molecule has 0 fully saturated rings. The number of rotatable bonds is 6. The number of nitrogens with zero attached hydrogens (tertiary/aromatic N) is 4. The number of ether oxygens (including phenoxy) is 3. The van der Waals surface area contributed by atoms with Crippen molar-refractivity contribution in [3.63, 3.8) is 0 Å². The largest absolute Gasteiger partial charge is 0.493 e. The van der Waals surface area contributed by atoms with Gasteiger partial charge < -0.3 is 14.2 Å². The predicted octanol–water partition coefficient (Wildman–Crippen LogP) is 3.14. The van der Waals surface area contributed by atoms with E-state index in [0.717, 1.165) is 5.56 Å². The van der Waals surface area contributed by atoms with Crippen LogP contribution in [-0.4, -0.2) is 42.4 Å². The molecule has 0 bridgehead atoms. The highest BCUT2D eigenvalue weighted by Gasteiger charge is 2.18. The maximum atomic E-state index is 5.40. The molecule has 1 heterocycles. The van der Waals surface area contributed by atoms with E-state index in [2.05, 4.69) is 27.9 Å². The van der Waals surface area contributed by atoms with Crippen LogP contribution in [0.4, 0.5) is 0 Å². The highest BCUT2D eigenvalue weighted by atomic mass is 32.1. The summed E-state index contributed by atoms with van der Waals surface area (Å²) in [6.07, 6.45) is 1.71. The fourth-order valence-electron chi connectivity index (χ4n) is 2.43. The Hall–Kier alpha value is -3.00. The summed E-state index contributed by atoms with van der Waals surface area (Å²) in [7, 11) is 4.67. The van der Waals surface area contributed by atoms with E-state index in [4.69, 9.17) is 14.2 Å². The minimum Gasteiger partial charge on any atom is -0.493 e. The Morgan fingerprint density at radius 2 is 1.62 bits per heavy atom. The SMILES string of the molecule is COc1cc(-c2nnc(S)n2N=Cc2ccccc2)cc(OC)c1OC. The summed E-state index contributed by atoms with van der Waals surface area (Å²) in [4.78, 5) is 0. The second-order valence-electron chi connectivity index (χ2n) is 5.20. The van der Waals surface area contributed by atoms with Gasteiger partial charge in [-0.2, -0.15) is 9.78 Å². The van der Waals surface area contributed by atoms with Crippen molar-refractivity contribution in [2.45, 2.75) is 5.16 Å². The summed E-state index contributed by atoms with van der Waals surface area (Å²) in [5, 5.41) is 13.0. The molecule has 0 radical (unpaired) electrons. The lowest BCUT2D eigenvalue weighted by Crippen LogP contribution is -1.99. The second-order valence-corrected chi connectivity index (χ2v) is 5.60. The molecular formula is C18H18N4O3S. The zero-order chi connectivity index (χ0) is 18.5. The van der Waals surface area contributed by atoms with Crippen molar-refractivity contribution in [2.24, 2.45) is 5.10 Å². The van der Waals surface area contributed by atoms with Gasteiger partial charge >= 0.3 is 0 Å². The number of aromatic nitrogens is 3. The molecule has 134 valence electrons. The first-order valence-corrected chi connectivity index (χ1v) is 8.16. The molecule has 0 atom stereocenters. The first kappa shape index (κ1) is 17.8. The number of hydrogen-bond donors (Lipinski definition) is 1. The van der Waals surface area contributed by atoms with E-state index in [9.17, 15) is 0 Å². The molecule has 1 aromatic heterocycles. The Balaban J connectivity index is 2.07. The molecule has 0 spiro atoms. The van der Waals surface area contributed by atoms with Gasteiger partial charge in [-0.3, -0.25) is 0 Å². The summed E-state index contributed by atoms with van der Waals surface area (Å²) in [5.41, 5.74) is 1.65. The molecule has 3 aromatic rings. The lowest BCUT2D eigenvalue weighted by Gasteiger charge is -2.13. The van der Waals surface area contributed by atoms with Crippen molar-refractivity contribution < 1.29 is 14.2 Å². The number of thiol groups is 1. The van der Waals surface area contributed by atoms with Gasteiger partial charge in [0.1, 0.15) is 0 Å². The predicted molar refractivity (Wildman–Crippen MR) is 102 cm³/mol. The van der Waals surface area contributed by atoms with Crippen LogP contribution in [0.15, 0.2) is 52.7 Å². The van der Waals surface area contributed by atoms with Gasteiger partial charge in [-0.15, -0.1) is 22.8 Å². The summed E-state index contributed by atoms with van der Waals surface area (Å²) < 4.78 is 17.7. The molecule has 0 aliphatic heterocycles. The fourth-order valence-corrected chi connectivity index (χ4v) is 2.62. The lowest BCUT2D eigenvalue weighted by atomic mass is 10.1. The second kappa shape index (κ2) is 7.92. The van der Waals surface area contributed by atoms with Crippen molar-refractivity contribution in [2.75, 3.05) is 21.3 Å². The van der Waals surface area contributed by atoms with E-state index in [1.54, 1.807) is 39.7 Å². The van der Waals surface area contributed by atoms with Gasteiger partial charge in [0, 0.05) is 5.56 Å². The van der Waals surface area contributed by atoms with Crippen LogP contribution >= 0.6 is 12.6 Å². The molecule has 3 rings (SSSR count). The Morgan fingerprint density at radius 1 is 0.962 bits per heavy atom. The van der Waals surface area contributed by atoms with E-state index in [-0.39, 0.29) is 0 Å². The third-order valence-electron chi connectivity index (χ3n) is 3.67. The zero-order valence-corrected chi connectivity index (χ0v) is 15.5. The number of hydrogen-bond acceptors (Lipinski definition) is 7. The molecule has 0 aliphatic rings. The Labute approximate surface area is 156 Å². The molecule has 8 heteroatoms. The standard InChI is InChI=1S/C18H18N4O3S/c1-23-14-9-13(10-15(24-2)16(14)25-3)17-20-21-18(26)22(17)19-11-12-7-5-4-6-8-12/h4-11H,1-3H3,(H,21,26). The molecule has 0 N–H and O–H groups in total. The maximum Gasteiger partial charge on any atom is 0.209 e. The van der Waals surface area contributed by atoms with Gasteiger partial charge in [0.15, 0.2) is 17.3 Å². The first-order chi connectivity index (χ1) is 12.7. The zero-order valence-electron chi connectivity index (χ0n) is 14.6. The van der Waals surface area contributed by atoms with Crippen LogP contribution in [-0.2, 0) is 0 Å². The van der Waals surface area contributed by atoms with E-state index in [1.807, 2.05) is 30.3 Å². The van der Waals surface area contributed by atoms with Gasteiger partial charge in [0.25, 0.3) is 0 Å². The molecule has 26 heavy (non-hydrogen) atoms. The van der Waals surface area contributed by atoms with Crippen molar-refractivity contribution in [1.82, 2.24) is 14.9 Å². The Morgan fingerprint density at radius 3 is 2.19 bits per heavy atom. The summed E-state index contributed by atoms with van der Waals surface area (Å²) in [6, 6.07) is 13.3. The van der Waals surface area contributed by atoms with E-state index >= 15 is 0 Å². The molecule has 0 aliphatic carbocycles. The third kappa shape index (κ3) is 3.50. The minimum absolute atomic E-state index is 0.362. The minimum atomic E-state index is 0.362. The molecular weight excluding hydrogens is 352 g/mol. The quantitative estimate of drug-likeness (QED) is 0.533. The highest BCUT2D eigenvalue weighted by Crippen LogP contribution is 2.41. The summed E-state index contributed by atoms with van der Waals surface area (Å²) in [5.74, 6) is 2.04. The fraction of sp³-hybridized carbons (Fsp3) is 0.167. The Bertz CT molecular complexity index is 900. The average Bonchev–Trinajstić information content (AvgIpc) is 3.06. The van der Waals surface area contributed by atoms with Crippen molar-refractivity contribution in [3.8, 4) is 28.6 Å². The first-order valence-electron chi connectivity index (χ1n) is 7.72. The van der Waals surface area contributed by atoms with Crippen LogP contribution in [0.2, 0.25) is 0 Å². The molecule has 7 nitrogen and oxygen atoms in total. The van der Waals surface area contributed by atoms with Crippen molar-refractivity contribution >= 4 is 18.8 Å². The van der Waals surface area contributed by atoms with Crippen LogP contribution in [0, 0.1) is 0 Å². The average molecular weight is 370 g/mol. The lowest BCUT2D eigenvalue weighted by molar-refractivity contribution is 0.324. The normalized spacial score (nSPS) is 10.9. The molecule has 0 amide bonds. The number of methoxy groups -OCH3 is 3. The summed E-state index contributed by atoms with van der Waals surface area (Å²) >= 11 is 4.34. The van der Waals surface area contributed by atoms with Crippen LogP contribution in [0.5, 0.6) is 17.2 Å². The smallest absolute Gasteiger partial charge is 0.209 e. The van der Waals surface area contributed by atoms with Gasteiger partial charge in [-0.1, -0.05) is 30.3 Å². The van der Waals surface area contributed by atoms with E-state index < -0.39 is 0 Å². The maximum absolute atomic E-state index is 5.40. The molecule has 0 saturated carbocycles. The van der Waals surface area contributed by atoms with Gasteiger partial charge in [-0.05, 0) is 17.7 Å². The summed E-state index contributed by atoms with van der Waals surface area (Å²) in [6.45, 7) is 0. The van der Waals surface area contributed by atoms with Crippen LogP contribution in [0.1, 0.15) is 5.56 Å². The van der Waals surface area contributed by atoms with Gasteiger partial charge in [-0.25, -0.2) is 0 Å². The topological polar surface area (TPSA) is 70.8 Å². The van der Waals surface area contributed by atoms with Crippen molar-refractivity contribution in [1.29, 1.82) is 0 Å². The van der Waals surface area contributed by atoms with E-state index in [0.29, 0.717) is 33.8 Å². The van der Waals surface area contributed by atoms with Crippen LogP contribution in [0.3, 0.4) is 0 Å². The van der Waals surface area contributed by atoms with Gasteiger partial charge in [0.2, 0.25) is 10.9 Å². The van der Waals surface area contributed by atoms with Crippen LogP contribution in [0.25, 0.3) is 11.4 Å². The molecule has 2 aromatic carbocycles. The monoisotopic (exact) mass is 370 g/mol. The van der Waals surface area contributed by atoms with Crippen molar-refractivity contribution in [3.05, 3.63) is 48.0 Å². The Kier molecular flexibility index (Phi) is 5.43. The molecule has 0 unspecified atom stereocenters. The van der Waals surface area contributed by atoms with Crippen LogP contribution < -0.4 is 14.2 Å². The number of benzene rings is 2. The van der Waals surface area contributed by atoms with Gasteiger partial charge in [0.05, 0.1) is 27.5 Å². The molecule has 0 saturated heterocycles. The van der Waals surface area contributed by atoms with E-state index in [1.165, 1.54) is 4.68 Å². The highest BCUT2D eigenvalue weighted by molar-refractivity contribution is 7.80. The third-order valence-corrected chi connectivity index (χ3v) is 3.95.